The lowest BCUT2D eigenvalue weighted by atomic mass is 9.81. The topological polar surface area (TPSA) is 119 Å². The van der Waals surface area contributed by atoms with E-state index >= 15 is 0 Å². The molecule has 69 heavy (non-hydrogen) atoms. The predicted molar refractivity (Wildman–Crippen MR) is 283 cm³/mol. The minimum atomic E-state index is -2.49. The molecule has 0 unspecified atom stereocenters. The molecule has 3 heterocycles. The minimum absolute atomic E-state index is 0.00469. The monoisotopic (exact) mass is 1000 g/mol. The number of ether oxygens (including phenoxy) is 5. The number of fused-ring (bicyclic) bond motifs is 3. The fraction of sp³-hybridized carbons (Fsp3) is 0.804. The van der Waals surface area contributed by atoms with Gasteiger partial charge < -0.3 is 37.4 Å². The zero-order valence-corrected chi connectivity index (χ0v) is 48.5. The van der Waals surface area contributed by atoms with Crippen molar-refractivity contribution in [3.63, 3.8) is 0 Å². The van der Waals surface area contributed by atoms with E-state index in [1.54, 1.807) is 32.3 Å². The summed E-state index contributed by atoms with van der Waals surface area (Å²) in [7, 11) is 0.634. The number of carbonyl (C=O) groups is 3. The summed E-state index contributed by atoms with van der Waals surface area (Å²) in [5, 5.41) is -0.0757. The number of carbonyl (C=O) groups excluding carboxylic acids is 3. The molecule has 1 aliphatic carbocycles. The van der Waals surface area contributed by atoms with Crippen LogP contribution in [0.2, 0.25) is 36.3 Å². The van der Waals surface area contributed by atoms with Crippen molar-refractivity contribution in [3.8, 4) is 0 Å². The van der Waals surface area contributed by atoms with Crippen molar-refractivity contribution in [2.75, 3.05) is 27.9 Å². The maximum absolute atomic E-state index is 15.0. The van der Waals surface area contributed by atoms with Gasteiger partial charge in [-0.05, 0) is 132 Å². The van der Waals surface area contributed by atoms with E-state index < -0.39 is 58.8 Å². The fourth-order valence-corrected chi connectivity index (χ4v) is 13.3. The van der Waals surface area contributed by atoms with Crippen LogP contribution in [0.25, 0.3) is 0 Å². The second-order valence-corrected chi connectivity index (χ2v) is 34.0. The summed E-state index contributed by atoms with van der Waals surface area (Å²) in [4.78, 5) is 46.1. The van der Waals surface area contributed by atoms with Crippen molar-refractivity contribution in [3.05, 3.63) is 47.8 Å². The summed E-state index contributed by atoms with van der Waals surface area (Å²) in [6, 6.07) is -0.791. The first-order valence-corrected chi connectivity index (χ1v) is 32.2. The Bertz CT molecular complexity index is 1830. The van der Waals surface area contributed by atoms with Gasteiger partial charge in [-0.2, -0.15) is 0 Å². The van der Waals surface area contributed by atoms with Gasteiger partial charge in [0.25, 0.3) is 5.91 Å². The van der Waals surface area contributed by atoms with Crippen LogP contribution in [0.4, 0.5) is 0 Å². The summed E-state index contributed by atoms with van der Waals surface area (Å²) in [5.74, 6) is -0.619. The number of Topliss-reactive ketones (excluding diaryl/α,β-unsaturated/α-hetero) is 1. The Morgan fingerprint density at radius 2 is 1.38 bits per heavy atom. The maximum atomic E-state index is 15.0. The van der Waals surface area contributed by atoms with Crippen molar-refractivity contribution in [1.29, 1.82) is 0 Å². The maximum Gasteiger partial charge on any atom is 0.329 e. The first-order chi connectivity index (χ1) is 32.1. The fourth-order valence-electron chi connectivity index (χ4n) is 10.5. The Morgan fingerprint density at radius 3 is 1.96 bits per heavy atom. The van der Waals surface area contributed by atoms with Crippen LogP contribution in [-0.2, 0) is 46.9 Å². The summed E-state index contributed by atoms with van der Waals surface area (Å²) in [5.41, 5.74) is 2.03. The molecule has 0 aromatic heterocycles. The molecule has 13 atom stereocenters. The summed E-state index contributed by atoms with van der Waals surface area (Å²) in [6.07, 6.45) is 12.8. The van der Waals surface area contributed by atoms with E-state index in [9.17, 15) is 14.4 Å². The number of amides is 1. The van der Waals surface area contributed by atoms with E-state index in [1.807, 2.05) is 6.08 Å². The number of rotatable bonds is 11. The van der Waals surface area contributed by atoms with E-state index in [0.29, 0.717) is 38.0 Å². The number of hydrogen-bond donors (Lipinski definition) is 0. The quantitative estimate of drug-likeness (QED) is 0.112. The molecule has 1 saturated carbocycles. The highest BCUT2D eigenvalue weighted by Crippen LogP contribution is 2.43. The van der Waals surface area contributed by atoms with Gasteiger partial charge in [0.2, 0.25) is 0 Å². The van der Waals surface area contributed by atoms with Crippen LogP contribution >= 0.6 is 0 Å². The van der Waals surface area contributed by atoms with Gasteiger partial charge in [-0.25, -0.2) is 4.79 Å². The van der Waals surface area contributed by atoms with Gasteiger partial charge in [0.1, 0.15) is 23.7 Å². The highest BCUT2D eigenvalue weighted by atomic mass is 28.4. The van der Waals surface area contributed by atoms with Crippen LogP contribution in [0, 0.1) is 29.6 Å². The zero-order valence-electron chi connectivity index (χ0n) is 46.5. The van der Waals surface area contributed by atoms with Crippen molar-refractivity contribution in [2.24, 2.45) is 29.6 Å². The number of nitrogens with zero attached hydrogens (tertiary/aromatic N) is 1. The SMILES string of the molecule is C=CC[C@@H]1/C=C(\C)C[C@H](C)C[C@H](OC)[C@H]2O/C(=C\C(=O)N3CCCC[C@H]3C(=O)O[C@H](/C(C)=C/[C@@H]3CC[C@@H](O[Si](C)(C)C(C)(C)C)[C@H](OC)C3)[C@H](C)[C@@H](O[Si](C)(C)C(C)(C)C)CC1=O)[C@@H](C)C[C@@H]2OC. The van der Waals surface area contributed by atoms with Crippen LogP contribution in [0.3, 0.4) is 0 Å². The van der Waals surface area contributed by atoms with Crippen LogP contribution in [0.5, 0.6) is 0 Å². The van der Waals surface area contributed by atoms with Gasteiger partial charge in [0.15, 0.2) is 22.7 Å². The number of ketones is 1. The largest absolute Gasteiger partial charge is 0.489 e. The van der Waals surface area contributed by atoms with Crippen LogP contribution in [0.1, 0.15) is 147 Å². The second-order valence-electron chi connectivity index (χ2n) is 24.5. The smallest absolute Gasteiger partial charge is 0.329 e. The number of methoxy groups -OCH3 is 3. The Balaban J connectivity index is 1.86. The molecule has 0 N–H and O–H groups in total. The molecular formula is C56H97NO10Si2. The van der Waals surface area contributed by atoms with Crippen molar-refractivity contribution < 1.29 is 46.9 Å². The number of esters is 1. The van der Waals surface area contributed by atoms with Gasteiger partial charge in [-0.1, -0.05) is 86.1 Å². The Hall–Kier alpha value is -2.40. The molecule has 0 aromatic rings. The molecule has 1 amide bonds. The first kappa shape index (κ1) is 59.2. The van der Waals surface area contributed by atoms with Gasteiger partial charge in [0.05, 0.1) is 30.5 Å². The third kappa shape index (κ3) is 15.6. The standard InChI is InChI=1S/C56H97NO10Si2/c1-20-23-42-29-36(2)28-37(3)30-49(62-14)53-50(63-15)32-38(4)46(64-53)35-51(59)57-27-22-21-24-43(57)54(60)65-52(40(6)47(34-44(42)58)67-69(18,19)56(10,11)12)39(5)31-41-25-26-45(48(33-41)61-13)66-68(16,17)55(7,8)9/h20,29,31,35,37-38,40-43,45,47-50,52-53H,1,21-28,30,32-34H2,2-19H3/b36-29+,39-31+,46-35-/t37-,38-,40+,41-,42+,43-,45+,47-,48+,49-,50-,52+,53+/m0/s1. The van der Waals surface area contributed by atoms with Crippen LogP contribution < -0.4 is 0 Å². The zero-order chi connectivity index (χ0) is 51.8. The highest BCUT2D eigenvalue weighted by Gasteiger charge is 2.46. The minimum Gasteiger partial charge on any atom is -0.489 e. The second kappa shape index (κ2) is 25.0. The lowest BCUT2D eigenvalue weighted by Crippen LogP contribution is -2.51. The molecule has 4 rings (SSSR count). The van der Waals surface area contributed by atoms with E-state index in [1.165, 1.54) is 0 Å². The number of cyclic esters (lactones) is 1. The molecule has 2 bridgehead atoms. The summed E-state index contributed by atoms with van der Waals surface area (Å²) >= 11 is 0. The van der Waals surface area contributed by atoms with Crippen molar-refractivity contribution >= 4 is 34.3 Å². The molecule has 3 fully saturated rings. The molecular weight excluding hydrogens is 903 g/mol. The third-order valence-corrected chi connectivity index (χ3v) is 25.9. The van der Waals surface area contributed by atoms with E-state index in [4.69, 9.17) is 32.5 Å². The molecule has 0 spiro atoms. The summed E-state index contributed by atoms with van der Waals surface area (Å²) in [6.45, 7) is 37.5. The number of allylic oxidation sites excluding steroid dienone is 5. The average Bonchev–Trinajstić information content (AvgIpc) is 3.26. The van der Waals surface area contributed by atoms with E-state index in [-0.39, 0.29) is 70.4 Å². The van der Waals surface area contributed by atoms with Crippen LogP contribution in [0.15, 0.2) is 47.8 Å². The third-order valence-electron chi connectivity index (χ3n) is 16.9. The Kier molecular flexibility index (Phi) is 21.5. The molecule has 394 valence electrons. The normalized spacial score (nSPS) is 35.3. The Morgan fingerprint density at radius 1 is 0.783 bits per heavy atom. The summed E-state index contributed by atoms with van der Waals surface area (Å²) < 4.78 is 46.2. The molecule has 11 nitrogen and oxygen atoms in total. The molecule has 0 radical (unpaired) electrons. The van der Waals surface area contributed by atoms with Gasteiger partial charge in [0, 0.05) is 58.1 Å². The molecule has 3 aliphatic heterocycles. The molecule has 2 saturated heterocycles. The van der Waals surface area contributed by atoms with Gasteiger partial charge in [-0.15, -0.1) is 6.58 Å². The lowest BCUT2D eigenvalue weighted by Gasteiger charge is -2.44. The lowest BCUT2D eigenvalue weighted by molar-refractivity contribution is -0.162. The Labute approximate surface area is 421 Å². The van der Waals surface area contributed by atoms with Crippen LogP contribution in [-0.4, -0.2) is 116 Å². The highest BCUT2D eigenvalue weighted by molar-refractivity contribution is 6.74. The van der Waals surface area contributed by atoms with Crippen molar-refractivity contribution in [2.45, 2.75) is 232 Å². The first-order valence-electron chi connectivity index (χ1n) is 26.4. The van der Waals surface area contributed by atoms with Gasteiger partial charge in [-0.3, -0.25) is 9.59 Å². The van der Waals surface area contributed by atoms with Crippen molar-refractivity contribution in [1.82, 2.24) is 4.90 Å². The van der Waals surface area contributed by atoms with E-state index in [2.05, 4.69) is 121 Å². The molecule has 13 heteroatoms. The van der Waals surface area contributed by atoms with Gasteiger partial charge >= 0.3 is 5.97 Å². The average molecular weight is 1000 g/mol. The number of hydrogen-bond acceptors (Lipinski definition) is 10. The molecule has 0 aromatic carbocycles. The number of piperidine rings is 1. The van der Waals surface area contributed by atoms with E-state index in [0.717, 1.165) is 49.7 Å². The molecule has 4 aliphatic rings. The predicted octanol–water partition coefficient (Wildman–Crippen LogP) is 12.3.